The van der Waals surface area contributed by atoms with Gasteiger partial charge in [-0.2, -0.15) is 26.3 Å². The second kappa shape index (κ2) is 7.19. The van der Waals surface area contributed by atoms with E-state index in [0.717, 1.165) is 4.90 Å². The topological polar surface area (TPSA) is 108 Å². The number of rotatable bonds is 4. The molecule has 2 heterocycles. The van der Waals surface area contributed by atoms with Crippen LogP contribution in [0, 0.1) is 0 Å². The Hall–Kier alpha value is -2.74. The highest BCUT2D eigenvalue weighted by atomic mass is 19.4. The third-order valence-electron chi connectivity index (χ3n) is 4.68. The van der Waals surface area contributed by atoms with E-state index in [1.807, 2.05) is 0 Å². The van der Waals surface area contributed by atoms with Crippen molar-refractivity contribution in [2.45, 2.75) is 18.0 Å². The number of nitrogens with one attached hydrogen (secondary N) is 1. The lowest BCUT2D eigenvalue weighted by Gasteiger charge is -2.40. The number of aliphatic hydroxyl groups is 1. The maximum Gasteiger partial charge on any atom is 0.420 e. The first kappa shape index (κ1) is 22.0. The maximum atomic E-state index is 13.4. The number of anilines is 1. The van der Waals surface area contributed by atoms with Gasteiger partial charge in [-0.25, -0.2) is 9.59 Å². The first-order valence-corrected chi connectivity index (χ1v) is 8.50. The van der Waals surface area contributed by atoms with E-state index < -0.39 is 52.6 Å². The molecule has 2 fully saturated rings. The molecule has 0 unspecified atom stereocenters. The number of urea groups is 1. The zero-order chi connectivity index (χ0) is 22.5. The highest BCUT2D eigenvalue weighted by Crippen LogP contribution is 2.46. The number of halogens is 6. The normalized spacial score (nSPS) is 19.1. The smallest absolute Gasteiger partial charge is 0.408 e. The zero-order valence-electron chi connectivity index (χ0n) is 15.1. The van der Waals surface area contributed by atoms with Crippen LogP contribution < -0.4 is 20.7 Å². The molecule has 0 bridgehead atoms. The second-order valence-electron chi connectivity index (χ2n) is 6.97. The largest absolute Gasteiger partial charge is 0.420 e. The average molecular weight is 442 g/mol. The molecule has 1 aromatic carbocycles. The minimum atomic E-state index is -5.34. The number of carbonyl (C=O) groups excluding carboxylic acids is 2. The van der Waals surface area contributed by atoms with Crippen LogP contribution in [0.3, 0.4) is 0 Å². The predicted octanol–water partition coefficient (Wildman–Crippen LogP) is 1.76. The summed E-state index contributed by atoms with van der Waals surface area (Å²) in [5.41, 5.74) is -0.942. The molecule has 0 spiro atoms. The van der Waals surface area contributed by atoms with E-state index in [1.54, 1.807) is 0 Å². The van der Waals surface area contributed by atoms with Crippen LogP contribution in [0.2, 0.25) is 0 Å². The lowest BCUT2D eigenvalue weighted by Crippen LogP contribution is -2.64. The van der Waals surface area contributed by atoms with E-state index in [-0.39, 0.29) is 44.9 Å². The summed E-state index contributed by atoms with van der Waals surface area (Å²) in [7, 11) is 0. The highest BCUT2D eigenvalue weighted by Gasteiger charge is 2.45. The second-order valence-corrected chi connectivity index (χ2v) is 6.97. The van der Waals surface area contributed by atoms with Crippen molar-refractivity contribution in [3.8, 4) is 5.75 Å². The molecule has 4 N–H and O–H groups in total. The molecule has 1 aromatic rings. The van der Waals surface area contributed by atoms with Crippen LogP contribution in [0.25, 0.3) is 0 Å². The van der Waals surface area contributed by atoms with Crippen LogP contribution in [0.5, 0.6) is 5.75 Å². The minimum Gasteiger partial charge on any atom is -0.408 e. The van der Waals surface area contributed by atoms with Crippen LogP contribution in [0.4, 0.5) is 41.6 Å². The van der Waals surface area contributed by atoms with Gasteiger partial charge in [0.15, 0.2) is 5.75 Å². The molecule has 8 nitrogen and oxygen atoms in total. The number of carbonyl (C=O) groups is 2. The van der Waals surface area contributed by atoms with Gasteiger partial charge in [-0.3, -0.25) is 4.90 Å². The van der Waals surface area contributed by atoms with E-state index >= 15 is 0 Å². The Morgan fingerprint density at radius 1 is 1.17 bits per heavy atom. The van der Waals surface area contributed by atoms with Gasteiger partial charge in [0.2, 0.25) is 0 Å². The Bertz CT molecular complexity index is 869. The number of nitrogens with two attached hydrogens (primary N) is 1. The molecule has 2 aliphatic heterocycles. The van der Waals surface area contributed by atoms with E-state index in [0.29, 0.717) is 4.90 Å². The van der Waals surface area contributed by atoms with Crippen molar-refractivity contribution in [1.29, 1.82) is 0 Å². The van der Waals surface area contributed by atoms with Gasteiger partial charge in [-0.15, -0.1) is 0 Å². The van der Waals surface area contributed by atoms with Crippen LogP contribution in [0.1, 0.15) is 11.1 Å². The summed E-state index contributed by atoms with van der Waals surface area (Å²) in [5.74, 6) is -1.30. The monoisotopic (exact) mass is 442 g/mol. The Labute approximate surface area is 165 Å². The molecule has 3 rings (SSSR count). The van der Waals surface area contributed by atoms with Crippen LogP contribution >= 0.6 is 0 Å². The predicted molar refractivity (Wildman–Crippen MR) is 88.8 cm³/mol. The lowest BCUT2D eigenvalue weighted by molar-refractivity contribution is -0.143. The number of alkyl halides is 6. The molecular weight excluding hydrogens is 426 g/mol. The SMILES string of the molecule is NC(=O)Oc1c(N2CCN(CC3(O)CNC3)C2=O)cc(C(F)(F)F)cc1C(F)(F)F. The molecule has 166 valence electrons. The molecule has 2 aliphatic rings. The molecule has 0 radical (unpaired) electrons. The van der Waals surface area contributed by atoms with E-state index in [1.165, 1.54) is 0 Å². The standard InChI is InChI=1S/C16H16F6N4O4/c17-15(18,19)8-3-9(16(20,21)22)11(30-12(23)27)10(4-8)26-2-1-25(13(26)28)7-14(29)5-24-6-14/h3-4,24,29H,1-2,5-7H2,(H2,23,27). The van der Waals surface area contributed by atoms with Gasteiger partial charge in [0.25, 0.3) is 0 Å². The molecule has 0 aromatic heterocycles. The molecule has 3 amide bonds. The van der Waals surface area contributed by atoms with Gasteiger partial charge in [-0.05, 0) is 12.1 Å². The van der Waals surface area contributed by atoms with Crippen LogP contribution in [0.15, 0.2) is 12.1 Å². The van der Waals surface area contributed by atoms with Gasteiger partial charge in [0, 0.05) is 26.2 Å². The number of primary amides is 1. The van der Waals surface area contributed by atoms with Crippen molar-refractivity contribution in [2.24, 2.45) is 5.73 Å². The van der Waals surface area contributed by atoms with Gasteiger partial charge in [-0.1, -0.05) is 0 Å². The van der Waals surface area contributed by atoms with Crippen molar-refractivity contribution in [3.05, 3.63) is 23.3 Å². The van der Waals surface area contributed by atoms with Crippen molar-refractivity contribution >= 4 is 17.8 Å². The zero-order valence-corrected chi connectivity index (χ0v) is 15.1. The van der Waals surface area contributed by atoms with Crippen molar-refractivity contribution in [2.75, 3.05) is 37.6 Å². The lowest BCUT2D eigenvalue weighted by atomic mass is 9.97. The van der Waals surface area contributed by atoms with Crippen molar-refractivity contribution in [1.82, 2.24) is 10.2 Å². The quantitative estimate of drug-likeness (QED) is 0.616. The number of nitrogens with zero attached hydrogens (tertiary/aromatic N) is 2. The summed E-state index contributed by atoms with van der Waals surface area (Å²) in [4.78, 5) is 25.5. The first-order valence-electron chi connectivity index (χ1n) is 8.50. The fourth-order valence-electron chi connectivity index (χ4n) is 3.23. The summed E-state index contributed by atoms with van der Waals surface area (Å²) in [6.45, 7) is -0.194. The number of hydrogen-bond acceptors (Lipinski definition) is 5. The summed E-state index contributed by atoms with van der Waals surface area (Å²) in [5, 5.41) is 13.0. The Morgan fingerprint density at radius 3 is 2.27 bits per heavy atom. The highest BCUT2D eigenvalue weighted by molar-refractivity contribution is 5.96. The summed E-state index contributed by atoms with van der Waals surface area (Å²) < 4.78 is 84.3. The Kier molecular flexibility index (Phi) is 5.27. The van der Waals surface area contributed by atoms with E-state index in [9.17, 15) is 41.0 Å². The number of ether oxygens (including phenoxy) is 1. The fourth-order valence-corrected chi connectivity index (χ4v) is 3.23. The number of amides is 3. The molecular formula is C16H16F6N4O4. The summed E-state index contributed by atoms with van der Waals surface area (Å²) >= 11 is 0. The fraction of sp³-hybridized carbons (Fsp3) is 0.500. The number of β-amino-alcohol motifs (C(OH)–C–C–N with tert-alkyl or cyclic N) is 1. The van der Waals surface area contributed by atoms with Crippen LogP contribution in [-0.4, -0.2) is 60.5 Å². The van der Waals surface area contributed by atoms with Gasteiger partial charge in [0.05, 0.1) is 17.8 Å². The van der Waals surface area contributed by atoms with E-state index in [2.05, 4.69) is 10.1 Å². The summed E-state index contributed by atoms with van der Waals surface area (Å²) in [6.07, 6.45) is -12.2. The number of hydrogen-bond donors (Lipinski definition) is 3. The Morgan fingerprint density at radius 2 is 1.80 bits per heavy atom. The first-order chi connectivity index (χ1) is 13.7. The summed E-state index contributed by atoms with van der Waals surface area (Å²) in [6, 6.07) is -0.880. The molecule has 2 saturated heterocycles. The molecule has 0 saturated carbocycles. The van der Waals surface area contributed by atoms with Crippen molar-refractivity contribution < 1.29 is 45.8 Å². The third-order valence-corrected chi connectivity index (χ3v) is 4.68. The van der Waals surface area contributed by atoms with Crippen LogP contribution in [-0.2, 0) is 12.4 Å². The molecule has 0 atom stereocenters. The third kappa shape index (κ3) is 4.23. The van der Waals surface area contributed by atoms with Crippen molar-refractivity contribution in [3.63, 3.8) is 0 Å². The number of benzene rings is 1. The van der Waals surface area contributed by atoms with E-state index in [4.69, 9.17) is 5.73 Å². The molecule has 30 heavy (non-hydrogen) atoms. The Balaban J connectivity index is 2.07. The molecule has 0 aliphatic carbocycles. The average Bonchev–Trinajstić information content (AvgIpc) is 2.91. The maximum absolute atomic E-state index is 13.4. The van der Waals surface area contributed by atoms with Gasteiger partial charge >= 0.3 is 24.5 Å². The van der Waals surface area contributed by atoms with Gasteiger partial charge < -0.3 is 25.8 Å². The molecule has 14 heteroatoms. The van der Waals surface area contributed by atoms with Gasteiger partial charge in [0.1, 0.15) is 11.2 Å². The minimum absolute atomic E-state index is 0.0747.